The molecule has 0 saturated heterocycles. The molecule has 0 radical (unpaired) electrons. The first-order valence-corrected chi connectivity index (χ1v) is 9.85. The molecule has 0 saturated carbocycles. The lowest BCUT2D eigenvalue weighted by atomic mass is 9.58. The predicted octanol–water partition coefficient (Wildman–Crippen LogP) is 6.10. The highest BCUT2D eigenvalue weighted by molar-refractivity contribution is 5.67. The van der Waals surface area contributed by atoms with Gasteiger partial charge in [0.15, 0.2) is 0 Å². The molecule has 0 fully saturated rings. The van der Waals surface area contributed by atoms with Crippen molar-refractivity contribution in [3.8, 4) is 0 Å². The van der Waals surface area contributed by atoms with Gasteiger partial charge in [-0.05, 0) is 45.7 Å². The van der Waals surface area contributed by atoms with E-state index in [1.807, 2.05) is 0 Å². The Labute approximate surface area is 154 Å². The minimum absolute atomic E-state index is 0.270. The van der Waals surface area contributed by atoms with Crippen molar-refractivity contribution in [2.45, 2.75) is 30.1 Å². The summed E-state index contributed by atoms with van der Waals surface area (Å²) in [6.45, 7) is 0. The topological polar surface area (TPSA) is 0 Å². The van der Waals surface area contributed by atoms with Gasteiger partial charge in [-0.15, -0.1) is 0 Å². The Hall–Kier alpha value is -2.60. The summed E-state index contributed by atoms with van der Waals surface area (Å²) in [6, 6.07) is 27.9. The lowest BCUT2D eigenvalue weighted by Gasteiger charge is -2.44. The van der Waals surface area contributed by atoms with Crippen LogP contribution in [0.5, 0.6) is 0 Å². The van der Waals surface area contributed by atoms with Crippen molar-refractivity contribution in [2.75, 3.05) is 0 Å². The fourth-order valence-electron chi connectivity index (χ4n) is 7.23. The highest BCUT2D eigenvalue weighted by Gasteiger charge is 2.69. The molecule has 7 rings (SSSR count). The van der Waals surface area contributed by atoms with E-state index in [2.05, 4.69) is 84.9 Å². The number of benzene rings is 3. The first kappa shape index (κ1) is 13.6. The van der Waals surface area contributed by atoms with Gasteiger partial charge in [-0.3, -0.25) is 0 Å². The zero-order valence-corrected chi connectivity index (χ0v) is 14.6. The third-order valence-electron chi connectivity index (χ3n) is 7.79. The molecule has 3 aromatic rings. The highest BCUT2D eigenvalue weighted by atomic mass is 14.7. The first-order chi connectivity index (χ1) is 12.9. The van der Waals surface area contributed by atoms with Crippen LogP contribution in [0.3, 0.4) is 0 Å². The summed E-state index contributed by atoms with van der Waals surface area (Å²) in [5, 5.41) is 0. The number of hydrogen-bond acceptors (Lipinski definition) is 0. The fraction of sp³-hybridized carbons (Fsp3) is 0.231. The molecule has 4 aliphatic rings. The van der Waals surface area contributed by atoms with E-state index in [4.69, 9.17) is 0 Å². The van der Waals surface area contributed by atoms with Gasteiger partial charge >= 0.3 is 0 Å². The predicted molar refractivity (Wildman–Crippen MR) is 105 cm³/mol. The van der Waals surface area contributed by atoms with Gasteiger partial charge in [0.2, 0.25) is 0 Å². The molecular formula is C26H20. The normalized spacial score (nSPS) is 34.0. The molecule has 0 heterocycles. The van der Waals surface area contributed by atoms with E-state index in [-0.39, 0.29) is 5.41 Å². The quantitative estimate of drug-likeness (QED) is 0.436. The third-order valence-corrected chi connectivity index (χ3v) is 7.79. The number of allylic oxidation sites excluding steroid dienone is 2. The molecule has 4 aliphatic carbocycles. The van der Waals surface area contributed by atoms with Gasteiger partial charge in [-0.25, -0.2) is 0 Å². The van der Waals surface area contributed by atoms with Crippen LogP contribution in [-0.4, -0.2) is 0 Å². The van der Waals surface area contributed by atoms with Crippen molar-refractivity contribution in [3.63, 3.8) is 0 Å². The smallest absolute Gasteiger partial charge is 0.0176 e. The molecule has 124 valence electrons. The summed E-state index contributed by atoms with van der Waals surface area (Å²) in [5.41, 5.74) is 9.80. The van der Waals surface area contributed by atoms with Crippen molar-refractivity contribution in [1.82, 2.24) is 0 Å². The van der Waals surface area contributed by atoms with E-state index >= 15 is 0 Å². The standard InChI is InChI=1S/C26H20/c1-3-10-18-16(8-1)22-14-7-15-23-17-9-2-4-11-19(17)25-21-13-6-5-12-20(21)24(18)26(22,23)25/h1-14,22-25H,15H2/t22-,23+,24-,25-,26?/m1/s1. The van der Waals surface area contributed by atoms with Crippen LogP contribution in [-0.2, 0) is 0 Å². The van der Waals surface area contributed by atoms with E-state index < -0.39 is 0 Å². The first-order valence-electron chi connectivity index (χ1n) is 9.85. The highest BCUT2D eigenvalue weighted by Crippen LogP contribution is 2.79. The minimum atomic E-state index is 0.270. The molecule has 0 bridgehead atoms. The van der Waals surface area contributed by atoms with Gasteiger partial charge in [0.1, 0.15) is 0 Å². The second-order valence-electron chi connectivity index (χ2n) is 8.45. The average molecular weight is 332 g/mol. The van der Waals surface area contributed by atoms with Crippen molar-refractivity contribution in [1.29, 1.82) is 0 Å². The molecule has 3 aromatic carbocycles. The van der Waals surface area contributed by atoms with E-state index in [1.54, 1.807) is 33.4 Å². The Kier molecular flexibility index (Phi) is 2.29. The van der Waals surface area contributed by atoms with Crippen molar-refractivity contribution in [3.05, 3.63) is 118 Å². The zero-order chi connectivity index (χ0) is 16.9. The zero-order valence-electron chi connectivity index (χ0n) is 14.6. The van der Waals surface area contributed by atoms with Crippen molar-refractivity contribution >= 4 is 0 Å². The number of hydrogen-bond donors (Lipinski definition) is 0. The van der Waals surface area contributed by atoms with Crippen LogP contribution in [0.2, 0.25) is 0 Å². The third kappa shape index (κ3) is 1.25. The van der Waals surface area contributed by atoms with Crippen LogP contribution in [0.25, 0.3) is 0 Å². The van der Waals surface area contributed by atoms with Crippen LogP contribution in [0.15, 0.2) is 84.9 Å². The molecule has 0 amide bonds. The summed E-state index contributed by atoms with van der Waals surface area (Å²) in [4.78, 5) is 0. The molecule has 1 unspecified atom stereocenters. The van der Waals surface area contributed by atoms with Crippen LogP contribution in [0, 0.1) is 5.41 Å². The summed E-state index contributed by atoms with van der Waals surface area (Å²) < 4.78 is 0. The summed E-state index contributed by atoms with van der Waals surface area (Å²) in [7, 11) is 0. The second kappa shape index (κ2) is 4.38. The Morgan fingerprint density at radius 2 is 1.04 bits per heavy atom. The summed E-state index contributed by atoms with van der Waals surface area (Å²) >= 11 is 0. The molecule has 0 nitrogen and oxygen atoms in total. The second-order valence-corrected chi connectivity index (χ2v) is 8.45. The molecule has 1 spiro atoms. The molecule has 0 aliphatic heterocycles. The molecule has 0 N–H and O–H groups in total. The molecular weight excluding hydrogens is 312 g/mol. The van der Waals surface area contributed by atoms with Crippen LogP contribution >= 0.6 is 0 Å². The van der Waals surface area contributed by atoms with Gasteiger partial charge < -0.3 is 0 Å². The van der Waals surface area contributed by atoms with Gasteiger partial charge in [0.25, 0.3) is 0 Å². The largest absolute Gasteiger partial charge is 0.0873 e. The van der Waals surface area contributed by atoms with Crippen LogP contribution in [0.4, 0.5) is 0 Å². The Balaban J connectivity index is 1.66. The van der Waals surface area contributed by atoms with E-state index in [0.717, 1.165) is 0 Å². The van der Waals surface area contributed by atoms with Crippen molar-refractivity contribution < 1.29 is 0 Å². The lowest BCUT2D eigenvalue weighted by Crippen LogP contribution is -2.35. The van der Waals surface area contributed by atoms with Crippen LogP contribution in [0.1, 0.15) is 63.5 Å². The Morgan fingerprint density at radius 1 is 0.577 bits per heavy atom. The molecule has 0 aromatic heterocycles. The van der Waals surface area contributed by atoms with Crippen LogP contribution < -0.4 is 0 Å². The lowest BCUT2D eigenvalue weighted by molar-refractivity contribution is 0.189. The Bertz CT molecular complexity index is 1080. The van der Waals surface area contributed by atoms with E-state index in [1.165, 1.54) is 6.42 Å². The monoisotopic (exact) mass is 332 g/mol. The van der Waals surface area contributed by atoms with E-state index in [9.17, 15) is 0 Å². The van der Waals surface area contributed by atoms with E-state index in [0.29, 0.717) is 23.7 Å². The summed E-state index contributed by atoms with van der Waals surface area (Å²) in [5.74, 6) is 2.23. The van der Waals surface area contributed by atoms with Gasteiger partial charge in [0, 0.05) is 23.2 Å². The number of fused-ring (bicyclic) bond motifs is 9. The molecule has 0 heteroatoms. The fourth-order valence-corrected chi connectivity index (χ4v) is 7.23. The molecule has 5 atom stereocenters. The Morgan fingerprint density at radius 3 is 1.65 bits per heavy atom. The maximum atomic E-state index is 2.54. The van der Waals surface area contributed by atoms with Gasteiger partial charge in [-0.1, -0.05) is 84.9 Å². The van der Waals surface area contributed by atoms with Crippen molar-refractivity contribution in [2.24, 2.45) is 5.41 Å². The maximum Gasteiger partial charge on any atom is 0.0176 e. The minimum Gasteiger partial charge on any atom is -0.0873 e. The SMILES string of the molecule is C1=C[C@@H]2c3ccccc3[C@@H]3c4ccccc4[C@H]4c5ccccc5[C@H](C1)C342. The van der Waals surface area contributed by atoms with Gasteiger partial charge in [0.05, 0.1) is 0 Å². The molecule has 26 heavy (non-hydrogen) atoms. The summed E-state index contributed by atoms with van der Waals surface area (Å²) in [6.07, 6.45) is 6.18. The number of rotatable bonds is 0. The maximum absolute atomic E-state index is 2.54. The average Bonchev–Trinajstić information content (AvgIpc) is 3.26. The van der Waals surface area contributed by atoms with Gasteiger partial charge in [-0.2, -0.15) is 0 Å².